The Hall–Kier alpha value is -1.14. The highest BCUT2D eigenvalue weighted by atomic mass is 32.2. The molecule has 0 amide bonds. The number of rotatable bonds is 9. The number of halogens is 1. The topological polar surface area (TPSA) is 72.2 Å². The van der Waals surface area contributed by atoms with Crippen molar-refractivity contribution in [2.24, 2.45) is 5.92 Å². The van der Waals surface area contributed by atoms with Crippen LogP contribution >= 0.6 is 0 Å². The molecule has 0 saturated heterocycles. The molecule has 6 heteroatoms. The summed E-state index contributed by atoms with van der Waals surface area (Å²) in [6.07, 6.45) is 5.22. The van der Waals surface area contributed by atoms with Gasteiger partial charge in [0, 0.05) is 6.54 Å². The van der Waals surface area contributed by atoms with E-state index in [0.29, 0.717) is 12.5 Å². The van der Waals surface area contributed by atoms with Gasteiger partial charge in [-0.05, 0) is 24.5 Å². The van der Waals surface area contributed by atoms with Gasteiger partial charge in [0.1, 0.15) is 10.7 Å². The van der Waals surface area contributed by atoms with Gasteiger partial charge in [-0.15, -0.1) is 0 Å². The van der Waals surface area contributed by atoms with Crippen LogP contribution in [0.1, 0.15) is 46.0 Å². The van der Waals surface area contributed by atoms with Crippen molar-refractivity contribution in [3.05, 3.63) is 24.0 Å². The highest BCUT2D eigenvalue weighted by molar-refractivity contribution is 7.89. The molecule has 0 aliphatic heterocycles. The molecule has 0 aliphatic carbocycles. The fraction of sp³-hybridized carbons (Fsp3) is 0.600. The molecule has 1 aromatic carbocycles. The minimum absolute atomic E-state index is 0.192. The summed E-state index contributed by atoms with van der Waals surface area (Å²) in [6.45, 7) is 4.73. The Labute approximate surface area is 127 Å². The Morgan fingerprint density at radius 2 is 1.86 bits per heavy atom. The van der Waals surface area contributed by atoms with Crippen LogP contribution in [0.4, 0.5) is 10.1 Å². The molecule has 0 unspecified atom stereocenters. The van der Waals surface area contributed by atoms with Crippen molar-refractivity contribution in [1.29, 1.82) is 0 Å². The zero-order chi connectivity index (χ0) is 15.9. The van der Waals surface area contributed by atoms with E-state index >= 15 is 0 Å². The van der Waals surface area contributed by atoms with E-state index in [-0.39, 0.29) is 10.6 Å². The third-order valence-corrected chi connectivity index (χ3v) is 4.82. The van der Waals surface area contributed by atoms with E-state index in [2.05, 4.69) is 18.6 Å². The first-order chi connectivity index (χ1) is 9.84. The molecule has 0 spiro atoms. The van der Waals surface area contributed by atoms with Gasteiger partial charge in [0.2, 0.25) is 10.0 Å². The molecule has 21 heavy (non-hydrogen) atoms. The van der Waals surface area contributed by atoms with Gasteiger partial charge in [0.15, 0.2) is 0 Å². The number of hydrogen-bond donors (Lipinski definition) is 2. The molecule has 4 nitrogen and oxygen atoms in total. The lowest BCUT2D eigenvalue weighted by molar-refractivity contribution is 0.517. The zero-order valence-electron chi connectivity index (χ0n) is 12.7. The maximum Gasteiger partial charge on any atom is 0.242 e. The quantitative estimate of drug-likeness (QED) is 0.542. The van der Waals surface area contributed by atoms with Crippen LogP contribution in [0, 0.1) is 11.7 Å². The molecular formula is C15H25FN2O2S. The van der Waals surface area contributed by atoms with E-state index in [9.17, 15) is 12.8 Å². The van der Waals surface area contributed by atoms with Crippen LogP contribution < -0.4 is 10.5 Å². The molecule has 0 heterocycles. The third kappa shape index (κ3) is 6.01. The Balaban J connectivity index is 2.39. The molecule has 0 saturated carbocycles. The monoisotopic (exact) mass is 316 g/mol. The highest BCUT2D eigenvalue weighted by Gasteiger charge is 2.18. The largest absolute Gasteiger partial charge is 0.395 e. The van der Waals surface area contributed by atoms with E-state index in [1.165, 1.54) is 25.0 Å². The van der Waals surface area contributed by atoms with Crippen LogP contribution in [0.15, 0.2) is 23.1 Å². The Morgan fingerprint density at radius 3 is 2.52 bits per heavy atom. The molecule has 0 aromatic heterocycles. The SMILES string of the molecule is CC(C)CCCCCCNS(=O)(=O)c1cccc(F)c1N. The zero-order valence-corrected chi connectivity index (χ0v) is 13.5. The maximum absolute atomic E-state index is 13.3. The van der Waals surface area contributed by atoms with Crippen molar-refractivity contribution in [3.8, 4) is 0 Å². The van der Waals surface area contributed by atoms with Crippen LogP contribution in [-0.2, 0) is 10.0 Å². The molecule has 0 bridgehead atoms. The summed E-state index contributed by atoms with van der Waals surface area (Å²) in [6, 6.07) is 3.79. The van der Waals surface area contributed by atoms with Gasteiger partial charge in [-0.2, -0.15) is 0 Å². The van der Waals surface area contributed by atoms with Gasteiger partial charge in [-0.25, -0.2) is 17.5 Å². The van der Waals surface area contributed by atoms with Crippen molar-refractivity contribution < 1.29 is 12.8 Å². The number of unbranched alkanes of at least 4 members (excludes halogenated alkanes) is 3. The molecule has 1 aromatic rings. The number of para-hydroxylation sites is 1. The Morgan fingerprint density at radius 1 is 1.19 bits per heavy atom. The molecule has 0 aliphatic rings. The van der Waals surface area contributed by atoms with Crippen LogP contribution in [0.2, 0.25) is 0 Å². The molecule has 0 fully saturated rings. The number of anilines is 1. The summed E-state index contributed by atoms with van der Waals surface area (Å²) >= 11 is 0. The second-order valence-electron chi connectivity index (χ2n) is 5.65. The summed E-state index contributed by atoms with van der Waals surface area (Å²) in [5, 5.41) is 0. The Bertz CT molecular complexity index is 545. The summed E-state index contributed by atoms with van der Waals surface area (Å²) in [5.41, 5.74) is 5.14. The first-order valence-electron chi connectivity index (χ1n) is 7.38. The van der Waals surface area contributed by atoms with Gasteiger partial charge in [-0.1, -0.05) is 45.6 Å². The van der Waals surface area contributed by atoms with E-state index in [0.717, 1.165) is 25.3 Å². The maximum atomic E-state index is 13.3. The van der Waals surface area contributed by atoms with Crippen LogP contribution in [-0.4, -0.2) is 15.0 Å². The summed E-state index contributed by atoms with van der Waals surface area (Å²) in [5.74, 6) is -0.00832. The average molecular weight is 316 g/mol. The summed E-state index contributed by atoms with van der Waals surface area (Å²) in [7, 11) is -3.73. The van der Waals surface area contributed by atoms with Crippen molar-refractivity contribution >= 4 is 15.7 Å². The van der Waals surface area contributed by atoms with Gasteiger partial charge < -0.3 is 5.73 Å². The molecule has 0 atom stereocenters. The normalized spacial score (nSPS) is 12.0. The lowest BCUT2D eigenvalue weighted by Gasteiger charge is -2.09. The fourth-order valence-corrected chi connectivity index (χ4v) is 3.28. The average Bonchev–Trinajstić information content (AvgIpc) is 2.40. The molecule has 1 rings (SSSR count). The predicted molar refractivity (Wildman–Crippen MR) is 83.9 cm³/mol. The van der Waals surface area contributed by atoms with E-state index in [1.807, 2.05) is 0 Å². The molecule has 120 valence electrons. The number of hydrogen-bond acceptors (Lipinski definition) is 3. The van der Waals surface area contributed by atoms with Gasteiger partial charge in [-0.3, -0.25) is 0 Å². The first-order valence-corrected chi connectivity index (χ1v) is 8.86. The predicted octanol–water partition coefficient (Wildman–Crippen LogP) is 3.29. The van der Waals surface area contributed by atoms with E-state index in [4.69, 9.17) is 5.73 Å². The van der Waals surface area contributed by atoms with Crippen LogP contribution in [0.3, 0.4) is 0 Å². The minimum atomic E-state index is -3.73. The van der Waals surface area contributed by atoms with E-state index < -0.39 is 15.8 Å². The second-order valence-corrected chi connectivity index (χ2v) is 7.38. The second kappa shape index (κ2) is 8.34. The third-order valence-electron chi connectivity index (χ3n) is 3.30. The number of benzene rings is 1. The van der Waals surface area contributed by atoms with Gasteiger partial charge >= 0.3 is 0 Å². The standard InChI is InChI=1S/C15H25FN2O2S/c1-12(2)8-5-3-4-6-11-18-21(19,20)14-10-7-9-13(16)15(14)17/h7,9-10,12,18H,3-6,8,11,17H2,1-2H3. The number of sulfonamides is 1. The smallest absolute Gasteiger partial charge is 0.242 e. The molecule has 0 radical (unpaired) electrons. The number of nitrogens with one attached hydrogen (secondary N) is 1. The molecule has 3 N–H and O–H groups in total. The van der Waals surface area contributed by atoms with E-state index in [1.54, 1.807) is 0 Å². The summed E-state index contributed by atoms with van der Waals surface area (Å²) in [4.78, 5) is -0.192. The minimum Gasteiger partial charge on any atom is -0.395 e. The van der Waals surface area contributed by atoms with Crippen LogP contribution in [0.5, 0.6) is 0 Å². The van der Waals surface area contributed by atoms with Crippen molar-refractivity contribution in [2.75, 3.05) is 12.3 Å². The number of nitrogen functional groups attached to an aromatic ring is 1. The van der Waals surface area contributed by atoms with Gasteiger partial charge in [0.25, 0.3) is 0 Å². The first kappa shape index (κ1) is 17.9. The number of nitrogens with two attached hydrogens (primary N) is 1. The van der Waals surface area contributed by atoms with Crippen molar-refractivity contribution in [2.45, 2.75) is 50.8 Å². The van der Waals surface area contributed by atoms with Gasteiger partial charge in [0.05, 0.1) is 5.69 Å². The Kier molecular flexibility index (Phi) is 7.11. The lowest BCUT2D eigenvalue weighted by Crippen LogP contribution is -2.25. The fourth-order valence-electron chi connectivity index (χ4n) is 2.07. The molecular weight excluding hydrogens is 291 g/mol. The van der Waals surface area contributed by atoms with Crippen molar-refractivity contribution in [3.63, 3.8) is 0 Å². The highest BCUT2D eigenvalue weighted by Crippen LogP contribution is 2.20. The van der Waals surface area contributed by atoms with Crippen LogP contribution in [0.25, 0.3) is 0 Å². The van der Waals surface area contributed by atoms with Crippen molar-refractivity contribution in [1.82, 2.24) is 4.72 Å². The lowest BCUT2D eigenvalue weighted by atomic mass is 10.0. The summed E-state index contributed by atoms with van der Waals surface area (Å²) < 4.78 is 39.8.